The van der Waals surface area contributed by atoms with Gasteiger partial charge in [0.05, 0.1) is 0 Å². The first-order chi connectivity index (χ1) is 11.5. The Kier molecular flexibility index (Phi) is 4.24. The second-order valence-electron chi connectivity index (χ2n) is 9.93. The molecule has 4 rings (SSSR count). The first-order valence-corrected chi connectivity index (χ1v) is 10.7. The van der Waals surface area contributed by atoms with E-state index < -0.39 is 0 Å². The minimum absolute atomic E-state index is 0.0124. The van der Waals surface area contributed by atoms with Gasteiger partial charge in [0.1, 0.15) is 6.10 Å². The average molecular weight is 333 g/mol. The van der Waals surface area contributed by atoms with Crippen LogP contribution in [0.3, 0.4) is 0 Å². The van der Waals surface area contributed by atoms with E-state index in [4.69, 9.17) is 4.74 Å². The quantitative estimate of drug-likeness (QED) is 0.603. The van der Waals surface area contributed by atoms with Gasteiger partial charge in [-0.25, -0.2) is 0 Å². The highest BCUT2D eigenvalue weighted by molar-refractivity contribution is 5.69. The molecule has 0 saturated heterocycles. The third kappa shape index (κ3) is 2.46. The van der Waals surface area contributed by atoms with Crippen LogP contribution in [0.2, 0.25) is 0 Å². The second-order valence-corrected chi connectivity index (χ2v) is 9.93. The molecule has 0 heterocycles. The van der Waals surface area contributed by atoms with Crippen LogP contribution in [0.25, 0.3) is 0 Å². The molecular weight excluding hydrogens is 296 g/mol. The average Bonchev–Trinajstić information content (AvgIpc) is 2.96. The number of hydrogen-bond acceptors (Lipinski definition) is 2. The van der Waals surface area contributed by atoms with Crippen LogP contribution in [0, 0.1) is 34.5 Å². The van der Waals surface area contributed by atoms with Gasteiger partial charge in [0.2, 0.25) is 0 Å². The van der Waals surface area contributed by atoms with E-state index >= 15 is 0 Å². The standard InChI is InChI=1S/C22H36O2/c1-4-20(23)24-19-8-6-13-22(3)17-11-14-21(2)12-5-7-16(21)15(17)9-10-18(19)22/h15-19H,4-14H2,1-3H3/t15-,16-,17-,18-,19?,21-,22+/m0/s1. The van der Waals surface area contributed by atoms with Gasteiger partial charge in [-0.2, -0.15) is 0 Å². The third-order valence-corrected chi connectivity index (χ3v) is 8.95. The molecule has 0 aromatic rings. The van der Waals surface area contributed by atoms with Gasteiger partial charge in [0.25, 0.3) is 0 Å². The number of fused-ring (bicyclic) bond motifs is 5. The van der Waals surface area contributed by atoms with E-state index in [0.717, 1.165) is 24.2 Å². The summed E-state index contributed by atoms with van der Waals surface area (Å²) in [6.07, 6.45) is 14.4. The van der Waals surface area contributed by atoms with Crippen molar-refractivity contribution in [2.75, 3.05) is 0 Å². The third-order valence-electron chi connectivity index (χ3n) is 8.95. The van der Waals surface area contributed by atoms with Crippen LogP contribution in [0.5, 0.6) is 0 Å². The minimum Gasteiger partial charge on any atom is -0.462 e. The van der Waals surface area contributed by atoms with Gasteiger partial charge in [-0.3, -0.25) is 4.79 Å². The maximum atomic E-state index is 11.9. The Morgan fingerprint density at radius 3 is 2.50 bits per heavy atom. The van der Waals surface area contributed by atoms with E-state index in [2.05, 4.69) is 13.8 Å². The molecule has 2 heteroatoms. The van der Waals surface area contributed by atoms with Crippen LogP contribution >= 0.6 is 0 Å². The van der Waals surface area contributed by atoms with E-state index in [0.29, 0.717) is 23.2 Å². The second kappa shape index (κ2) is 6.02. The zero-order valence-electron chi connectivity index (χ0n) is 16.0. The summed E-state index contributed by atoms with van der Waals surface area (Å²) in [5.74, 6) is 3.45. The lowest BCUT2D eigenvalue weighted by atomic mass is 9.45. The number of ether oxygens (including phenoxy) is 1. The lowest BCUT2D eigenvalue weighted by molar-refractivity contribution is -0.174. The van der Waals surface area contributed by atoms with Crippen molar-refractivity contribution in [2.45, 2.75) is 97.5 Å². The van der Waals surface area contributed by atoms with Crippen molar-refractivity contribution in [3.8, 4) is 0 Å². The van der Waals surface area contributed by atoms with Gasteiger partial charge in [0, 0.05) is 12.3 Å². The summed E-state index contributed by atoms with van der Waals surface area (Å²) in [6, 6.07) is 0. The Labute approximate surface area is 148 Å². The monoisotopic (exact) mass is 332 g/mol. The molecule has 4 saturated carbocycles. The van der Waals surface area contributed by atoms with Crippen molar-refractivity contribution in [1.82, 2.24) is 0 Å². The summed E-state index contributed by atoms with van der Waals surface area (Å²) in [5.41, 5.74) is 1.07. The van der Waals surface area contributed by atoms with Crippen molar-refractivity contribution in [1.29, 1.82) is 0 Å². The molecule has 4 aliphatic carbocycles. The highest BCUT2D eigenvalue weighted by Crippen LogP contribution is 2.66. The maximum Gasteiger partial charge on any atom is 0.305 e. The lowest BCUT2D eigenvalue weighted by Gasteiger charge is -2.61. The van der Waals surface area contributed by atoms with E-state index in [1.165, 1.54) is 57.8 Å². The SMILES string of the molecule is CCC(=O)OC1CCC[C@@]2(C)[C@H]1CC[C@H]1[C@@H]3CCC[C@@]3(C)CC[C@@H]12. The molecule has 24 heavy (non-hydrogen) atoms. The molecule has 1 unspecified atom stereocenters. The Bertz CT molecular complexity index is 500. The number of carbonyl (C=O) groups is 1. The van der Waals surface area contributed by atoms with Crippen LogP contribution in [-0.2, 0) is 9.53 Å². The zero-order chi connectivity index (χ0) is 16.9. The fourth-order valence-electron chi connectivity index (χ4n) is 7.74. The van der Waals surface area contributed by atoms with Crippen LogP contribution in [0.15, 0.2) is 0 Å². The molecule has 4 fully saturated rings. The molecular formula is C22H36O2. The molecule has 0 aromatic carbocycles. The zero-order valence-corrected chi connectivity index (χ0v) is 16.0. The van der Waals surface area contributed by atoms with Gasteiger partial charge in [-0.15, -0.1) is 0 Å². The fraction of sp³-hybridized carbons (Fsp3) is 0.955. The van der Waals surface area contributed by atoms with Crippen molar-refractivity contribution < 1.29 is 9.53 Å². The predicted molar refractivity (Wildman–Crippen MR) is 96.5 cm³/mol. The predicted octanol–water partition coefficient (Wildman–Crippen LogP) is 5.74. The van der Waals surface area contributed by atoms with Crippen LogP contribution in [0.4, 0.5) is 0 Å². The Morgan fingerprint density at radius 2 is 1.71 bits per heavy atom. The molecule has 0 N–H and O–H groups in total. The van der Waals surface area contributed by atoms with E-state index in [1.807, 2.05) is 6.92 Å². The smallest absolute Gasteiger partial charge is 0.305 e. The van der Waals surface area contributed by atoms with E-state index in [9.17, 15) is 4.79 Å². The Balaban J connectivity index is 1.57. The highest BCUT2D eigenvalue weighted by atomic mass is 16.5. The van der Waals surface area contributed by atoms with Gasteiger partial charge in [-0.05, 0) is 86.4 Å². The van der Waals surface area contributed by atoms with Crippen molar-refractivity contribution in [3.63, 3.8) is 0 Å². The maximum absolute atomic E-state index is 11.9. The Morgan fingerprint density at radius 1 is 0.917 bits per heavy atom. The molecule has 0 amide bonds. The van der Waals surface area contributed by atoms with Crippen molar-refractivity contribution in [3.05, 3.63) is 0 Å². The first-order valence-electron chi connectivity index (χ1n) is 10.7. The highest BCUT2D eigenvalue weighted by Gasteiger charge is 2.59. The van der Waals surface area contributed by atoms with Crippen LogP contribution in [0.1, 0.15) is 91.4 Å². The normalized spacial score (nSPS) is 50.5. The molecule has 7 atom stereocenters. The molecule has 136 valence electrons. The van der Waals surface area contributed by atoms with Gasteiger partial charge < -0.3 is 4.74 Å². The molecule has 0 bridgehead atoms. The topological polar surface area (TPSA) is 26.3 Å². The molecule has 0 aliphatic heterocycles. The first kappa shape index (κ1) is 16.9. The fourth-order valence-corrected chi connectivity index (χ4v) is 7.74. The lowest BCUT2D eigenvalue weighted by Crippen LogP contribution is -2.55. The number of carbonyl (C=O) groups excluding carboxylic acids is 1. The van der Waals surface area contributed by atoms with Crippen LogP contribution < -0.4 is 0 Å². The van der Waals surface area contributed by atoms with Gasteiger partial charge >= 0.3 is 5.97 Å². The van der Waals surface area contributed by atoms with E-state index in [1.54, 1.807) is 0 Å². The molecule has 0 spiro atoms. The van der Waals surface area contributed by atoms with Crippen molar-refractivity contribution >= 4 is 5.97 Å². The molecule has 2 nitrogen and oxygen atoms in total. The Hall–Kier alpha value is -0.530. The summed E-state index contributed by atoms with van der Waals surface area (Å²) < 4.78 is 5.92. The summed E-state index contributed by atoms with van der Waals surface area (Å²) in [6.45, 7) is 7.07. The summed E-state index contributed by atoms with van der Waals surface area (Å²) in [5, 5.41) is 0. The summed E-state index contributed by atoms with van der Waals surface area (Å²) in [4.78, 5) is 11.9. The van der Waals surface area contributed by atoms with Crippen molar-refractivity contribution in [2.24, 2.45) is 34.5 Å². The van der Waals surface area contributed by atoms with Crippen LogP contribution in [-0.4, -0.2) is 12.1 Å². The molecule has 0 aromatic heterocycles. The van der Waals surface area contributed by atoms with E-state index in [-0.39, 0.29) is 12.1 Å². The van der Waals surface area contributed by atoms with Gasteiger partial charge in [0.15, 0.2) is 0 Å². The summed E-state index contributed by atoms with van der Waals surface area (Å²) in [7, 11) is 0. The molecule has 4 aliphatic rings. The summed E-state index contributed by atoms with van der Waals surface area (Å²) >= 11 is 0. The number of esters is 1. The number of hydrogen-bond donors (Lipinski definition) is 0. The number of rotatable bonds is 2. The largest absolute Gasteiger partial charge is 0.462 e. The molecule has 0 radical (unpaired) electrons. The minimum atomic E-state index is 0.0124. The van der Waals surface area contributed by atoms with Gasteiger partial charge in [-0.1, -0.05) is 27.2 Å².